The Kier molecular flexibility index (Phi) is 7.86. The smallest absolute Gasteiger partial charge is 0.107 e. The fraction of sp³-hybridized carbons (Fsp3) is 0.692. The van der Waals surface area contributed by atoms with Crippen LogP contribution in [0.5, 0.6) is 0 Å². The molecule has 104 valence electrons. The van der Waals surface area contributed by atoms with E-state index in [1.165, 1.54) is 11.3 Å². The molecule has 1 heterocycles. The first-order chi connectivity index (χ1) is 8.65. The van der Waals surface area contributed by atoms with E-state index in [1.807, 2.05) is 19.1 Å². The number of hydrogen-bond acceptors (Lipinski definition) is 4. The Morgan fingerprint density at radius 2 is 2.11 bits per heavy atom. The van der Waals surface area contributed by atoms with E-state index in [0.717, 1.165) is 28.7 Å². The summed E-state index contributed by atoms with van der Waals surface area (Å²) in [6.45, 7) is 6.06. The van der Waals surface area contributed by atoms with E-state index in [4.69, 9.17) is 26.8 Å². The summed E-state index contributed by atoms with van der Waals surface area (Å²) in [6.07, 6.45) is 2.14. The highest BCUT2D eigenvalue weighted by Gasteiger charge is 2.18. The van der Waals surface area contributed by atoms with Gasteiger partial charge in [0.1, 0.15) is 6.10 Å². The Morgan fingerprint density at radius 3 is 2.67 bits per heavy atom. The van der Waals surface area contributed by atoms with Gasteiger partial charge in [0.25, 0.3) is 0 Å². The number of nitrogens with two attached hydrogens (primary N) is 1. The molecule has 0 aliphatic heterocycles. The Bertz CT molecular complexity index is 331. The van der Waals surface area contributed by atoms with Crippen molar-refractivity contribution in [1.29, 1.82) is 0 Å². The van der Waals surface area contributed by atoms with Crippen LogP contribution in [0.3, 0.4) is 0 Å². The minimum Gasteiger partial charge on any atom is -0.379 e. The van der Waals surface area contributed by atoms with Gasteiger partial charge in [0.2, 0.25) is 0 Å². The Morgan fingerprint density at radius 1 is 1.33 bits per heavy atom. The third-order valence-electron chi connectivity index (χ3n) is 2.52. The van der Waals surface area contributed by atoms with Crippen molar-refractivity contribution in [3.8, 4) is 0 Å². The van der Waals surface area contributed by atoms with Gasteiger partial charge in [0, 0.05) is 17.5 Å². The molecule has 2 atom stereocenters. The van der Waals surface area contributed by atoms with Crippen molar-refractivity contribution in [3.05, 3.63) is 21.3 Å². The van der Waals surface area contributed by atoms with Crippen LogP contribution in [0.1, 0.15) is 37.7 Å². The SMILES string of the molecule is CCCCOCCOC(c1ccc(Cl)s1)C(C)N. The normalized spacial score (nSPS) is 14.7. The van der Waals surface area contributed by atoms with Gasteiger partial charge in [-0.15, -0.1) is 11.3 Å². The lowest BCUT2D eigenvalue weighted by molar-refractivity contribution is -0.00374. The van der Waals surface area contributed by atoms with Crippen LogP contribution < -0.4 is 5.73 Å². The first-order valence-corrected chi connectivity index (χ1v) is 7.54. The fourth-order valence-corrected chi connectivity index (χ4v) is 2.78. The fourth-order valence-electron chi connectivity index (χ4n) is 1.56. The summed E-state index contributed by atoms with van der Waals surface area (Å²) >= 11 is 7.44. The number of unbranched alkanes of at least 4 members (excludes halogenated alkanes) is 1. The first-order valence-electron chi connectivity index (χ1n) is 6.35. The second-order valence-corrected chi connectivity index (χ2v) is 6.00. The molecule has 0 aliphatic carbocycles. The van der Waals surface area contributed by atoms with Crippen molar-refractivity contribution in [2.45, 2.75) is 38.8 Å². The topological polar surface area (TPSA) is 44.5 Å². The molecule has 0 aliphatic rings. The summed E-state index contributed by atoms with van der Waals surface area (Å²) in [5, 5.41) is 0. The molecule has 0 aromatic carbocycles. The lowest BCUT2D eigenvalue weighted by Crippen LogP contribution is -2.27. The number of rotatable bonds is 9. The zero-order valence-corrected chi connectivity index (χ0v) is 12.6. The molecule has 1 aromatic heterocycles. The predicted molar refractivity (Wildman–Crippen MR) is 77.4 cm³/mol. The van der Waals surface area contributed by atoms with Crippen molar-refractivity contribution in [3.63, 3.8) is 0 Å². The molecule has 2 unspecified atom stereocenters. The van der Waals surface area contributed by atoms with Gasteiger partial charge in [-0.25, -0.2) is 0 Å². The largest absolute Gasteiger partial charge is 0.379 e. The van der Waals surface area contributed by atoms with Crippen molar-refractivity contribution in [1.82, 2.24) is 0 Å². The van der Waals surface area contributed by atoms with Crippen LogP contribution in [0.4, 0.5) is 0 Å². The lowest BCUT2D eigenvalue weighted by atomic mass is 10.1. The molecule has 0 bridgehead atoms. The lowest BCUT2D eigenvalue weighted by Gasteiger charge is -2.20. The maximum absolute atomic E-state index is 5.94. The van der Waals surface area contributed by atoms with Crippen LogP contribution in [0, 0.1) is 0 Å². The molecule has 0 radical (unpaired) electrons. The van der Waals surface area contributed by atoms with E-state index in [9.17, 15) is 0 Å². The highest BCUT2D eigenvalue weighted by atomic mass is 35.5. The van der Waals surface area contributed by atoms with Gasteiger partial charge in [-0.1, -0.05) is 24.9 Å². The van der Waals surface area contributed by atoms with Crippen molar-refractivity contribution < 1.29 is 9.47 Å². The van der Waals surface area contributed by atoms with Crippen LogP contribution >= 0.6 is 22.9 Å². The van der Waals surface area contributed by atoms with Gasteiger partial charge in [-0.3, -0.25) is 0 Å². The zero-order valence-electron chi connectivity index (χ0n) is 11.0. The molecule has 0 saturated heterocycles. The van der Waals surface area contributed by atoms with Gasteiger partial charge in [0.05, 0.1) is 17.6 Å². The third-order valence-corrected chi connectivity index (χ3v) is 3.81. The van der Waals surface area contributed by atoms with E-state index in [-0.39, 0.29) is 12.1 Å². The maximum atomic E-state index is 5.94. The van der Waals surface area contributed by atoms with E-state index in [0.29, 0.717) is 13.2 Å². The minimum absolute atomic E-state index is 0.0599. The highest BCUT2D eigenvalue weighted by molar-refractivity contribution is 7.16. The van der Waals surface area contributed by atoms with E-state index >= 15 is 0 Å². The van der Waals surface area contributed by atoms with Gasteiger partial charge < -0.3 is 15.2 Å². The molecule has 18 heavy (non-hydrogen) atoms. The molecular weight excluding hydrogens is 270 g/mol. The molecule has 5 heteroatoms. The molecule has 3 nitrogen and oxygen atoms in total. The quantitative estimate of drug-likeness (QED) is 0.707. The average Bonchev–Trinajstić information content (AvgIpc) is 2.74. The molecule has 2 N–H and O–H groups in total. The van der Waals surface area contributed by atoms with Crippen LogP contribution in [0.2, 0.25) is 4.34 Å². The third kappa shape index (κ3) is 5.67. The first kappa shape index (κ1) is 15.9. The summed E-state index contributed by atoms with van der Waals surface area (Å²) in [5.41, 5.74) is 5.94. The van der Waals surface area contributed by atoms with E-state index in [2.05, 4.69) is 6.92 Å². The summed E-state index contributed by atoms with van der Waals surface area (Å²) in [6, 6.07) is 3.78. The minimum atomic E-state index is -0.0997. The summed E-state index contributed by atoms with van der Waals surface area (Å²) in [5.74, 6) is 0. The summed E-state index contributed by atoms with van der Waals surface area (Å²) in [7, 11) is 0. The van der Waals surface area contributed by atoms with Crippen molar-refractivity contribution in [2.24, 2.45) is 5.73 Å². The molecule has 1 aromatic rings. The average molecular weight is 292 g/mol. The van der Waals surface area contributed by atoms with Gasteiger partial charge >= 0.3 is 0 Å². The van der Waals surface area contributed by atoms with E-state index < -0.39 is 0 Å². The Balaban J connectivity index is 2.31. The Labute approximate surface area is 118 Å². The zero-order chi connectivity index (χ0) is 13.4. The summed E-state index contributed by atoms with van der Waals surface area (Å²) < 4.78 is 12.0. The van der Waals surface area contributed by atoms with Crippen LogP contribution in [-0.4, -0.2) is 25.9 Å². The van der Waals surface area contributed by atoms with Crippen molar-refractivity contribution >= 4 is 22.9 Å². The molecular formula is C13H22ClNO2S. The van der Waals surface area contributed by atoms with Crippen LogP contribution in [-0.2, 0) is 9.47 Å². The second-order valence-electron chi connectivity index (χ2n) is 4.26. The monoisotopic (exact) mass is 291 g/mol. The predicted octanol–water partition coefficient (Wildman–Crippen LogP) is 3.62. The maximum Gasteiger partial charge on any atom is 0.107 e. The van der Waals surface area contributed by atoms with Gasteiger partial charge in [-0.05, 0) is 25.5 Å². The number of thiophene rings is 1. The molecule has 0 saturated carbocycles. The summed E-state index contributed by atoms with van der Waals surface area (Å²) in [4.78, 5) is 1.07. The van der Waals surface area contributed by atoms with E-state index in [1.54, 1.807) is 0 Å². The molecule has 0 spiro atoms. The van der Waals surface area contributed by atoms with Gasteiger partial charge in [-0.2, -0.15) is 0 Å². The van der Waals surface area contributed by atoms with Crippen molar-refractivity contribution in [2.75, 3.05) is 19.8 Å². The molecule has 1 rings (SSSR count). The van der Waals surface area contributed by atoms with Crippen LogP contribution in [0.25, 0.3) is 0 Å². The van der Waals surface area contributed by atoms with Crippen LogP contribution in [0.15, 0.2) is 12.1 Å². The molecule has 0 fully saturated rings. The highest BCUT2D eigenvalue weighted by Crippen LogP contribution is 2.30. The molecule has 0 amide bonds. The number of halogens is 1. The number of ether oxygens (including phenoxy) is 2. The van der Waals surface area contributed by atoms with Gasteiger partial charge in [0.15, 0.2) is 0 Å². The second kappa shape index (κ2) is 8.88. The standard InChI is InChI=1S/C13H22ClNO2S/c1-3-4-7-16-8-9-17-13(10(2)15)11-5-6-12(14)18-11/h5-6,10,13H,3-4,7-9,15H2,1-2H3. The number of hydrogen-bond donors (Lipinski definition) is 1. The Hall–Kier alpha value is -0.130.